The second kappa shape index (κ2) is 7.82. The first-order chi connectivity index (χ1) is 13.7. The summed E-state index contributed by atoms with van der Waals surface area (Å²) in [6.45, 7) is 8.26. The number of oxazole rings is 1. The Balaban J connectivity index is 1.58. The fourth-order valence-electron chi connectivity index (χ4n) is 3.28. The van der Waals surface area contributed by atoms with Crippen molar-refractivity contribution in [1.29, 1.82) is 0 Å². The molecular weight excluding hydrogens is 352 g/mol. The Morgan fingerprint density at radius 2 is 1.71 bits per heavy atom. The molecular formula is C21H24N6O. The maximum Gasteiger partial charge on any atom is 0.292 e. The third-order valence-electron chi connectivity index (χ3n) is 4.91. The molecule has 7 nitrogen and oxygen atoms in total. The first-order valence-electron chi connectivity index (χ1n) is 9.55. The SMILES string of the molecule is CCN(CC)CCNc1cnc2ccc(-c3ccc4oc(N)nc4c3)cc2n1. The third kappa shape index (κ3) is 3.75. The molecule has 2 aromatic heterocycles. The molecule has 144 valence electrons. The van der Waals surface area contributed by atoms with E-state index in [9.17, 15) is 0 Å². The summed E-state index contributed by atoms with van der Waals surface area (Å²) in [5.41, 5.74) is 10.9. The number of fused-ring (bicyclic) bond motifs is 2. The van der Waals surface area contributed by atoms with Gasteiger partial charge in [0.2, 0.25) is 0 Å². The van der Waals surface area contributed by atoms with E-state index < -0.39 is 0 Å². The van der Waals surface area contributed by atoms with Gasteiger partial charge >= 0.3 is 0 Å². The molecule has 0 bridgehead atoms. The van der Waals surface area contributed by atoms with Crippen LogP contribution in [0.2, 0.25) is 0 Å². The zero-order chi connectivity index (χ0) is 19.5. The van der Waals surface area contributed by atoms with E-state index in [1.807, 2.05) is 36.4 Å². The smallest absolute Gasteiger partial charge is 0.292 e. The minimum atomic E-state index is 0.178. The molecule has 0 atom stereocenters. The van der Waals surface area contributed by atoms with Gasteiger partial charge in [-0.25, -0.2) is 4.98 Å². The molecule has 7 heteroatoms. The van der Waals surface area contributed by atoms with Crippen LogP contribution in [0.4, 0.5) is 11.8 Å². The lowest BCUT2D eigenvalue weighted by atomic mass is 10.0. The molecule has 4 rings (SSSR count). The van der Waals surface area contributed by atoms with Crippen LogP contribution in [0.1, 0.15) is 13.8 Å². The van der Waals surface area contributed by atoms with Crippen LogP contribution in [0.3, 0.4) is 0 Å². The van der Waals surface area contributed by atoms with Crippen molar-refractivity contribution in [3.8, 4) is 11.1 Å². The Morgan fingerprint density at radius 1 is 0.964 bits per heavy atom. The van der Waals surface area contributed by atoms with Crippen molar-refractivity contribution in [2.75, 3.05) is 37.2 Å². The van der Waals surface area contributed by atoms with Crippen molar-refractivity contribution in [2.45, 2.75) is 13.8 Å². The lowest BCUT2D eigenvalue weighted by Crippen LogP contribution is -2.28. The van der Waals surface area contributed by atoms with E-state index in [4.69, 9.17) is 15.1 Å². The topological polar surface area (TPSA) is 93.1 Å². The first-order valence-corrected chi connectivity index (χ1v) is 9.55. The van der Waals surface area contributed by atoms with Gasteiger partial charge in [0.25, 0.3) is 6.01 Å². The maximum absolute atomic E-state index is 5.64. The van der Waals surface area contributed by atoms with E-state index in [-0.39, 0.29) is 6.01 Å². The van der Waals surface area contributed by atoms with Crippen LogP contribution in [-0.4, -0.2) is 46.0 Å². The Kier molecular flexibility index (Phi) is 5.08. The lowest BCUT2D eigenvalue weighted by Gasteiger charge is -2.18. The molecule has 0 aliphatic carbocycles. The van der Waals surface area contributed by atoms with Gasteiger partial charge in [0, 0.05) is 13.1 Å². The van der Waals surface area contributed by atoms with Gasteiger partial charge in [0.05, 0.1) is 17.2 Å². The van der Waals surface area contributed by atoms with Gasteiger partial charge in [-0.3, -0.25) is 4.98 Å². The largest absolute Gasteiger partial charge is 0.424 e. The zero-order valence-electron chi connectivity index (χ0n) is 16.1. The van der Waals surface area contributed by atoms with Crippen molar-refractivity contribution in [1.82, 2.24) is 19.9 Å². The quantitative estimate of drug-likeness (QED) is 0.507. The molecule has 0 amide bonds. The predicted molar refractivity (Wildman–Crippen MR) is 113 cm³/mol. The van der Waals surface area contributed by atoms with E-state index in [2.05, 4.69) is 34.0 Å². The second-order valence-electron chi connectivity index (χ2n) is 6.65. The Morgan fingerprint density at radius 3 is 2.50 bits per heavy atom. The molecule has 2 heterocycles. The highest BCUT2D eigenvalue weighted by atomic mass is 16.4. The molecule has 0 saturated heterocycles. The summed E-state index contributed by atoms with van der Waals surface area (Å²) in [7, 11) is 0. The van der Waals surface area contributed by atoms with E-state index in [0.717, 1.165) is 59.7 Å². The molecule has 2 aromatic carbocycles. The summed E-state index contributed by atoms with van der Waals surface area (Å²) >= 11 is 0. The Hall–Kier alpha value is -3.19. The molecule has 0 unspecified atom stereocenters. The van der Waals surface area contributed by atoms with Crippen LogP contribution >= 0.6 is 0 Å². The van der Waals surface area contributed by atoms with Gasteiger partial charge in [-0.15, -0.1) is 0 Å². The van der Waals surface area contributed by atoms with Gasteiger partial charge in [0.1, 0.15) is 11.3 Å². The van der Waals surface area contributed by atoms with E-state index in [0.29, 0.717) is 5.58 Å². The third-order valence-corrected chi connectivity index (χ3v) is 4.91. The molecule has 0 spiro atoms. The normalized spacial score (nSPS) is 11.5. The summed E-state index contributed by atoms with van der Waals surface area (Å²) in [6.07, 6.45) is 1.79. The molecule has 0 radical (unpaired) electrons. The van der Waals surface area contributed by atoms with Crippen LogP contribution in [0.15, 0.2) is 47.0 Å². The summed E-state index contributed by atoms with van der Waals surface area (Å²) in [5, 5.41) is 3.37. The number of hydrogen-bond donors (Lipinski definition) is 2. The van der Waals surface area contributed by atoms with Crippen molar-refractivity contribution in [3.05, 3.63) is 42.6 Å². The molecule has 0 saturated carbocycles. The average Bonchev–Trinajstić information content (AvgIpc) is 3.10. The van der Waals surface area contributed by atoms with Crippen LogP contribution in [-0.2, 0) is 0 Å². The molecule has 3 N–H and O–H groups in total. The van der Waals surface area contributed by atoms with Crippen LogP contribution in [0.25, 0.3) is 33.3 Å². The average molecular weight is 376 g/mol. The van der Waals surface area contributed by atoms with E-state index in [1.54, 1.807) is 6.20 Å². The number of anilines is 2. The number of nitrogens with two attached hydrogens (primary N) is 1. The van der Waals surface area contributed by atoms with E-state index in [1.165, 1.54) is 0 Å². The molecule has 0 fully saturated rings. The van der Waals surface area contributed by atoms with Crippen molar-refractivity contribution in [2.24, 2.45) is 0 Å². The fraction of sp³-hybridized carbons (Fsp3) is 0.286. The summed E-state index contributed by atoms with van der Waals surface area (Å²) in [4.78, 5) is 15.8. The molecule has 4 aromatic rings. The minimum Gasteiger partial charge on any atom is -0.424 e. The number of hydrogen-bond acceptors (Lipinski definition) is 7. The number of nitrogens with one attached hydrogen (secondary N) is 1. The van der Waals surface area contributed by atoms with Crippen LogP contribution < -0.4 is 11.1 Å². The minimum absolute atomic E-state index is 0.178. The van der Waals surface area contributed by atoms with Crippen molar-refractivity contribution >= 4 is 34.0 Å². The summed E-state index contributed by atoms with van der Waals surface area (Å²) in [6, 6.07) is 12.1. The van der Waals surface area contributed by atoms with E-state index >= 15 is 0 Å². The number of aromatic nitrogens is 3. The maximum atomic E-state index is 5.64. The number of nitrogen functional groups attached to an aromatic ring is 1. The highest BCUT2D eigenvalue weighted by Gasteiger charge is 2.07. The van der Waals surface area contributed by atoms with Gasteiger partial charge in [-0.05, 0) is 48.5 Å². The van der Waals surface area contributed by atoms with Gasteiger partial charge < -0.3 is 20.4 Å². The molecule has 0 aliphatic heterocycles. The van der Waals surface area contributed by atoms with Gasteiger partial charge in [-0.1, -0.05) is 26.0 Å². The lowest BCUT2D eigenvalue weighted by molar-refractivity contribution is 0.316. The predicted octanol–water partition coefficient (Wildman–Crippen LogP) is 3.77. The highest BCUT2D eigenvalue weighted by molar-refractivity contribution is 5.86. The zero-order valence-corrected chi connectivity index (χ0v) is 16.1. The second-order valence-corrected chi connectivity index (χ2v) is 6.65. The molecule has 28 heavy (non-hydrogen) atoms. The number of likely N-dealkylation sites (N-methyl/N-ethyl adjacent to an activating group) is 1. The van der Waals surface area contributed by atoms with Gasteiger partial charge in [0.15, 0.2) is 5.58 Å². The number of rotatable bonds is 7. The number of nitrogens with zero attached hydrogens (tertiary/aromatic N) is 4. The summed E-state index contributed by atoms with van der Waals surface area (Å²) in [5.74, 6) is 0.788. The Labute approximate surface area is 163 Å². The van der Waals surface area contributed by atoms with Gasteiger partial charge in [-0.2, -0.15) is 4.98 Å². The van der Waals surface area contributed by atoms with Crippen molar-refractivity contribution in [3.63, 3.8) is 0 Å². The van der Waals surface area contributed by atoms with Crippen LogP contribution in [0.5, 0.6) is 0 Å². The fourth-order valence-corrected chi connectivity index (χ4v) is 3.28. The highest BCUT2D eigenvalue weighted by Crippen LogP contribution is 2.27. The Bertz CT molecular complexity index is 1100. The monoisotopic (exact) mass is 376 g/mol. The number of benzene rings is 2. The van der Waals surface area contributed by atoms with Crippen molar-refractivity contribution < 1.29 is 4.42 Å². The molecule has 0 aliphatic rings. The summed E-state index contributed by atoms with van der Waals surface area (Å²) < 4.78 is 5.35. The standard InChI is InChI=1S/C21H24N6O/c1-3-27(4-2)10-9-23-20-13-24-16-7-5-14(11-17(16)25-20)15-6-8-19-18(12-15)26-21(22)28-19/h5-8,11-13H,3-4,9-10H2,1-2H3,(H2,22,26)(H,23,25). The van der Waals surface area contributed by atoms with Crippen LogP contribution in [0, 0.1) is 0 Å². The first kappa shape index (κ1) is 18.2.